The Morgan fingerprint density at radius 1 is 1.50 bits per heavy atom. The van der Waals surface area contributed by atoms with E-state index in [0.717, 1.165) is 18.4 Å². The van der Waals surface area contributed by atoms with Crippen LogP contribution < -0.4 is 0 Å². The van der Waals surface area contributed by atoms with Gasteiger partial charge in [0.2, 0.25) is 6.04 Å². The molecule has 0 heterocycles. The van der Waals surface area contributed by atoms with Crippen molar-refractivity contribution >= 4 is 0 Å². The molecule has 1 saturated carbocycles. The molecule has 0 aromatic rings. The summed E-state index contributed by atoms with van der Waals surface area (Å²) < 4.78 is 0. The van der Waals surface area contributed by atoms with E-state index >= 15 is 0 Å². The summed E-state index contributed by atoms with van der Waals surface area (Å²) in [6, 6.07) is -0.300. The molecule has 1 rings (SSSR count). The summed E-state index contributed by atoms with van der Waals surface area (Å²) in [4.78, 5) is 10.1. The lowest BCUT2D eigenvalue weighted by Gasteiger charge is -2.15. The number of nitro groups is 1. The second kappa shape index (κ2) is 2.82. The van der Waals surface area contributed by atoms with Crippen LogP contribution >= 0.6 is 0 Å². The number of rotatable bonds is 1. The van der Waals surface area contributed by atoms with Crippen LogP contribution in [0, 0.1) is 10.1 Å². The SMILES string of the molecule is C=C1CCC([N+](=O)[O-])CC1. The summed E-state index contributed by atoms with van der Waals surface area (Å²) in [5, 5.41) is 10.2. The Labute approximate surface area is 59.9 Å². The van der Waals surface area contributed by atoms with Crippen molar-refractivity contribution in [3.63, 3.8) is 0 Å². The first kappa shape index (κ1) is 7.25. The molecule has 0 amide bonds. The second-order valence-electron chi connectivity index (χ2n) is 2.77. The first-order valence-electron chi connectivity index (χ1n) is 3.50. The van der Waals surface area contributed by atoms with Crippen molar-refractivity contribution in [1.29, 1.82) is 0 Å². The summed E-state index contributed by atoms with van der Waals surface area (Å²) >= 11 is 0. The average molecular weight is 141 g/mol. The summed E-state index contributed by atoms with van der Waals surface area (Å²) in [6.45, 7) is 3.79. The zero-order valence-corrected chi connectivity index (χ0v) is 5.88. The maximum atomic E-state index is 10.2. The highest BCUT2D eigenvalue weighted by Crippen LogP contribution is 2.23. The normalized spacial score (nSPS) is 21.0. The van der Waals surface area contributed by atoms with E-state index in [1.807, 2.05) is 0 Å². The van der Waals surface area contributed by atoms with Gasteiger partial charge in [0.15, 0.2) is 0 Å². The molecule has 0 N–H and O–H groups in total. The molecule has 0 atom stereocenters. The lowest BCUT2D eigenvalue weighted by Crippen LogP contribution is -2.22. The van der Waals surface area contributed by atoms with Crippen LogP contribution in [0.2, 0.25) is 0 Å². The molecule has 56 valence electrons. The minimum Gasteiger partial charge on any atom is -0.264 e. The Kier molecular flexibility index (Phi) is 2.04. The number of hydrogen-bond acceptors (Lipinski definition) is 2. The number of hydrogen-bond donors (Lipinski definition) is 0. The van der Waals surface area contributed by atoms with Gasteiger partial charge in [0.1, 0.15) is 0 Å². The number of nitrogens with zero attached hydrogens (tertiary/aromatic N) is 1. The molecule has 0 bridgehead atoms. The molecule has 0 unspecified atom stereocenters. The molecule has 0 aromatic heterocycles. The monoisotopic (exact) mass is 141 g/mol. The van der Waals surface area contributed by atoms with Crippen molar-refractivity contribution < 1.29 is 4.92 Å². The van der Waals surface area contributed by atoms with Crippen molar-refractivity contribution in [2.24, 2.45) is 0 Å². The Hall–Kier alpha value is -0.860. The Morgan fingerprint density at radius 3 is 2.40 bits per heavy atom. The van der Waals surface area contributed by atoms with Gasteiger partial charge < -0.3 is 0 Å². The van der Waals surface area contributed by atoms with Crippen LogP contribution in [0.15, 0.2) is 12.2 Å². The van der Waals surface area contributed by atoms with Crippen LogP contribution in [-0.4, -0.2) is 11.0 Å². The predicted molar refractivity (Wildman–Crippen MR) is 38.4 cm³/mol. The Balaban J connectivity index is 2.40. The molecule has 3 heteroatoms. The molecule has 1 aliphatic rings. The third-order valence-corrected chi connectivity index (χ3v) is 1.96. The van der Waals surface area contributed by atoms with Gasteiger partial charge in [-0.3, -0.25) is 10.1 Å². The Morgan fingerprint density at radius 2 is 2.00 bits per heavy atom. The van der Waals surface area contributed by atoms with Crippen molar-refractivity contribution in [2.75, 3.05) is 0 Å². The number of allylic oxidation sites excluding steroid dienone is 1. The van der Waals surface area contributed by atoms with E-state index in [-0.39, 0.29) is 11.0 Å². The van der Waals surface area contributed by atoms with Crippen LogP contribution in [0.25, 0.3) is 0 Å². The molecule has 0 radical (unpaired) electrons. The molecule has 10 heavy (non-hydrogen) atoms. The summed E-state index contributed by atoms with van der Waals surface area (Å²) in [6.07, 6.45) is 3.05. The van der Waals surface area contributed by atoms with Gasteiger partial charge in [-0.15, -0.1) is 0 Å². The fraction of sp³-hybridized carbons (Fsp3) is 0.714. The highest BCUT2D eigenvalue weighted by molar-refractivity contribution is 4.98. The second-order valence-corrected chi connectivity index (χ2v) is 2.77. The van der Waals surface area contributed by atoms with Gasteiger partial charge in [-0.2, -0.15) is 0 Å². The van der Waals surface area contributed by atoms with Gasteiger partial charge in [0.25, 0.3) is 0 Å². The van der Waals surface area contributed by atoms with Crippen molar-refractivity contribution in [3.05, 3.63) is 22.3 Å². The third kappa shape index (κ3) is 1.56. The van der Waals surface area contributed by atoms with E-state index in [4.69, 9.17) is 0 Å². The third-order valence-electron chi connectivity index (χ3n) is 1.96. The van der Waals surface area contributed by atoms with Gasteiger partial charge in [-0.05, 0) is 12.8 Å². The minimum atomic E-state index is -0.300. The van der Waals surface area contributed by atoms with Crippen LogP contribution in [0.4, 0.5) is 0 Å². The maximum Gasteiger partial charge on any atom is 0.213 e. The highest BCUT2D eigenvalue weighted by Gasteiger charge is 2.23. The molecule has 0 saturated heterocycles. The first-order chi connectivity index (χ1) is 4.70. The van der Waals surface area contributed by atoms with Crippen LogP contribution in [-0.2, 0) is 0 Å². The standard InChI is InChI=1S/C7H11NO2/c1-6-2-4-7(5-3-6)8(9)10/h7H,1-5H2. The van der Waals surface area contributed by atoms with E-state index in [0.29, 0.717) is 12.8 Å². The highest BCUT2D eigenvalue weighted by atomic mass is 16.6. The molecule has 0 aliphatic heterocycles. The van der Waals surface area contributed by atoms with Crippen molar-refractivity contribution in [3.8, 4) is 0 Å². The van der Waals surface area contributed by atoms with Crippen LogP contribution in [0.5, 0.6) is 0 Å². The molecule has 3 nitrogen and oxygen atoms in total. The van der Waals surface area contributed by atoms with E-state index in [1.165, 1.54) is 0 Å². The van der Waals surface area contributed by atoms with Gasteiger partial charge in [-0.25, -0.2) is 0 Å². The summed E-state index contributed by atoms with van der Waals surface area (Å²) in [5.74, 6) is 0. The smallest absolute Gasteiger partial charge is 0.213 e. The zero-order valence-electron chi connectivity index (χ0n) is 5.88. The lowest BCUT2D eigenvalue weighted by atomic mass is 9.92. The summed E-state index contributed by atoms with van der Waals surface area (Å²) in [7, 11) is 0. The predicted octanol–water partition coefficient (Wildman–Crippen LogP) is 1.76. The molecule has 1 aliphatic carbocycles. The van der Waals surface area contributed by atoms with E-state index in [2.05, 4.69) is 6.58 Å². The Bertz CT molecular complexity index is 155. The summed E-state index contributed by atoms with van der Waals surface area (Å²) in [5.41, 5.74) is 1.16. The quantitative estimate of drug-likeness (QED) is 0.317. The van der Waals surface area contributed by atoms with E-state index < -0.39 is 0 Å². The van der Waals surface area contributed by atoms with Crippen LogP contribution in [0.3, 0.4) is 0 Å². The fourth-order valence-electron chi connectivity index (χ4n) is 1.22. The molecule has 0 spiro atoms. The molecule has 1 fully saturated rings. The minimum absolute atomic E-state index is 0.174. The van der Waals surface area contributed by atoms with Crippen molar-refractivity contribution in [1.82, 2.24) is 0 Å². The lowest BCUT2D eigenvalue weighted by molar-refractivity contribution is -0.525. The molecular weight excluding hydrogens is 130 g/mol. The van der Waals surface area contributed by atoms with Gasteiger partial charge in [0, 0.05) is 17.8 Å². The van der Waals surface area contributed by atoms with Gasteiger partial charge in [-0.1, -0.05) is 12.2 Å². The van der Waals surface area contributed by atoms with Gasteiger partial charge >= 0.3 is 0 Å². The van der Waals surface area contributed by atoms with Crippen LogP contribution in [0.1, 0.15) is 25.7 Å². The average Bonchev–Trinajstić information content (AvgIpc) is 1.88. The molecular formula is C7H11NO2. The zero-order chi connectivity index (χ0) is 7.56. The maximum absolute atomic E-state index is 10.2. The van der Waals surface area contributed by atoms with Crippen molar-refractivity contribution in [2.45, 2.75) is 31.7 Å². The fourth-order valence-corrected chi connectivity index (χ4v) is 1.22. The van der Waals surface area contributed by atoms with Gasteiger partial charge in [0.05, 0.1) is 0 Å². The molecule has 0 aromatic carbocycles. The van der Waals surface area contributed by atoms with E-state index in [1.54, 1.807) is 0 Å². The van der Waals surface area contributed by atoms with E-state index in [9.17, 15) is 10.1 Å². The first-order valence-corrected chi connectivity index (χ1v) is 3.50. The topological polar surface area (TPSA) is 43.1 Å². The largest absolute Gasteiger partial charge is 0.264 e.